The lowest BCUT2D eigenvalue weighted by Crippen LogP contribution is -2.02. The van der Waals surface area contributed by atoms with E-state index in [1.54, 1.807) is 22.7 Å². The van der Waals surface area contributed by atoms with E-state index in [1.165, 1.54) is 14.3 Å². The van der Waals surface area contributed by atoms with Crippen molar-refractivity contribution in [2.45, 2.75) is 19.9 Å². The van der Waals surface area contributed by atoms with E-state index in [9.17, 15) is 0 Å². The molecule has 0 aliphatic rings. The van der Waals surface area contributed by atoms with E-state index in [-0.39, 0.29) is 0 Å². The standard InChI is InChI=1S/C11H11N3S3/c1-6(2)14-10(12-13-11(14)15)9-5-8-7(17-9)3-4-16-8/h3-6H,1-2H3,(H,13,15). The van der Waals surface area contributed by atoms with Crippen LogP contribution in [0, 0.1) is 4.77 Å². The van der Waals surface area contributed by atoms with Gasteiger partial charge in [0.05, 0.1) is 4.88 Å². The maximum absolute atomic E-state index is 5.26. The summed E-state index contributed by atoms with van der Waals surface area (Å²) in [5.74, 6) is 0.943. The minimum atomic E-state index is 0.316. The maximum Gasteiger partial charge on any atom is 0.195 e. The van der Waals surface area contributed by atoms with E-state index in [1.807, 2.05) is 0 Å². The van der Waals surface area contributed by atoms with Crippen molar-refractivity contribution in [3.05, 3.63) is 22.3 Å². The first kappa shape index (κ1) is 11.1. The molecule has 3 rings (SSSR count). The minimum Gasteiger partial charge on any atom is -0.297 e. The van der Waals surface area contributed by atoms with Gasteiger partial charge in [0, 0.05) is 15.4 Å². The van der Waals surface area contributed by atoms with Gasteiger partial charge in [-0.1, -0.05) is 0 Å². The topological polar surface area (TPSA) is 33.6 Å². The molecule has 6 heteroatoms. The first-order valence-corrected chi connectivity index (χ1v) is 7.41. The number of hydrogen-bond donors (Lipinski definition) is 1. The van der Waals surface area contributed by atoms with Crippen molar-refractivity contribution < 1.29 is 0 Å². The molecule has 0 radical (unpaired) electrons. The molecule has 0 atom stereocenters. The van der Waals surface area contributed by atoms with Crippen molar-refractivity contribution in [2.24, 2.45) is 0 Å². The SMILES string of the molecule is CC(C)n1c(-c2cc3sccc3s2)n[nH]c1=S. The number of H-pyrrole nitrogens is 1. The van der Waals surface area contributed by atoms with E-state index < -0.39 is 0 Å². The lowest BCUT2D eigenvalue weighted by molar-refractivity contribution is 0.597. The molecule has 0 aromatic carbocycles. The maximum atomic E-state index is 5.26. The third kappa shape index (κ3) is 1.76. The van der Waals surface area contributed by atoms with Gasteiger partial charge in [0.15, 0.2) is 10.6 Å². The summed E-state index contributed by atoms with van der Waals surface area (Å²) in [4.78, 5) is 1.17. The average molecular weight is 281 g/mol. The summed E-state index contributed by atoms with van der Waals surface area (Å²) < 4.78 is 5.38. The Hall–Kier alpha value is -0.980. The third-order valence-electron chi connectivity index (χ3n) is 2.58. The molecule has 3 nitrogen and oxygen atoms in total. The van der Waals surface area contributed by atoms with Crippen molar-refractivity contribution in [3.63, 3.8) is 0 Å². The van der Waals surface area contributed by atoms with Gasteiger partial charge in [-0.15, -0.1) is 22.7 Å². The molecule has 0 bridgehead atoms. The summed E-state index contributed by atoms with van der Waals surface area (Å²) in [7, 11) is 0. The Morgan fingerprint density at radius 3 is 2.94 bits per heavy atom. The third-order valence-corrected chi connectivity index (χ3v) is 4.96. The molecule has 3 aromatic rings. The van der Waals surface area contributed by atoms with Gasteiger partial charge in [-0.25, -0.2) is 0 Å². The fourth-order valence-electron chi connectivity index (χ4n) is 1.83. The van der Waals surface area contributed by atoms with Crippen LogP contribution in [0.25, 0.3) is 20.1 Å². The summed E-state index contributed by atoms with van der Waals surface area (Å²) in [6.07, 6.45) is 0. The van der Waals surface area contributed by atoms with Crippen molar-refractivity contribution >= 4 is 44.3 Å². The normalized spacial score (nSPS) is 11.7. The second-order valence-corrected chi connectivity index (χ2v) is 6.49. The zero-order valence-electron chi connectivity index (χ0n) is 9.43. The zero-order chi connectivity index (χ0) is 12.0. The molecule has 0 saturated carbocycles. The van der Waals surface area contributed by atoms with Crippen molar-refractivity contribution in [3.8, 4) is 10.7 Å². The molecular formula is C11H11N3S3. The highest BCUT2D eigenvalue weighted by molar-refractivity contribution is 7.71. The van der Waals surface area contributed by atoms with Gasteiger partial charge in [0.2, 0.25) is 0 Å². The van der Waals surface area contributed by atoms with E-state index >= 15 is 0 Å². The van der Waals surface area contributed by atoms with Gasteiger partial charge in [0.1, 0.15) is 0 Å². The summed E-state index contributed by atoms with van der Waals surface area (Å²) >= 11 is 8.79. The summed E-state index contributed by atoms with van der Waals surface area (Å²) in [5.41, 5.74) is 0. The second-order valence-electron chi connectivity index (χ2n) is 4.08. The van der Waals surface area contributed by atoms with Crippen molar-refractivity contribution in [1.82, 2.24) is 14.8 Å². The van der Waals surface area contributed by atoms with Crippen LogP contribution >= 0.6 is 34.9 Å². The van der Waals surface area contributed by atoms with Crippen LogP contribution in [0.4, 0.5) is 0 Å². The fourth-order valence-corrected chi connectivity index (χ4v) is 4.27. The predicted molar refractivity (Wildman–Crippen MR) is 76.5 cm³/mol. The van der Waals surface area contributed by atoms with Crippen LogP contribution in [0.15, 0.2) is 17.5 Å². The Kier molecular flexibility index (Phi) is 2.65. The summed E-state index contributed by atoms with van der Waals surface area (Å²) in [6.45, 7) is 4.23. The molecule has 3 aromatic heterocycles. The highest BCUT2D eigenvalue weighted by Crippen LogP contribution is 2.36. The molecule has 0 fully saturated rings. The molecule has 0 amide bonds. The van der Waals surface area contributed by atoms with Gasteiger partial charge >= 0.3 is 0 Å². The van der Waals surface area contributed by atoms with Crippen LogP contribution in [0.3, 0.4) is 0 Å². The Morgan fingerprint density at radius 2 is 2.24 bits per heavy atom. The second kappa shape index (κ2) is 4.04. The molecule has 3 heterocycles. The van der Waals surface area contributed by atoms with E-state index in [2.05, 4.69) is 46.1 Å². The Bertz CT molecular complexity index is 685. The largest absolute Gasteiger partial charge is 0.297 e. The lowest BCUT2D eigenvalue weighted by atomic mass is 10.3. The monoisotopic (exact) mass is 281 g/mol. The zero-order valence-corrected chi connectivity index (χ0v) is 11.9. The van der Waals surface area contributed by atoms with Crippen LogP contribution < -0.4 is 0 Å². The van der Waals surface area contributed by atoms with Crippen molar-refractivity contribution in [1.29, 1.82) is 0 Å². The number of rotatable bonds is 2. The number of aromatic amines is 1. The Morgan fingerprint density at radius 1 is 1.41 bits per heavy atom. The Labute approximate surface area is 112 Å². The molecule has 0 aliphatic heterocycles. The van der Waals surface area contributed by atoms with Crippen LogP contribution in [0.2, 0.25) is 0 Å². The molecule has 0 aliphatic carbocycles. The van der Waals surface area contributed by atoms with E-state index in [0.29, 0.717) is 10.8 Å². The first-order chi connectivity index (χ1) is 8.16. The number of thiophene rings is 2. The van der Waals surface area contributed by atoms with Gasteiger partial charge in [-0.3, -0.25) is 9.67 Å². The number of aromatic nitrogens is 3. The van der Waals surface area contributed by atoms with E-state index in [0.717, 1.165) is 5.82 Å². The van der Waals surface area contributed by atoms with Gasteiger partial charge < -0.3 is 0 Å². The van der Waals surface area contributed by atoms with Gasteiger partial charge in [0.25, 0.3) is 0 Å². The predicted octanol–water partition coefficient (Wildman–Crippen LogP) is 4.46. The number of nitrogens with zero attached hydrogens (tertiary/aromatic N) is 2. The molecule has 17 heavy (non-hydrogen) atoms. The number of hydrogen-bond acceptors (Lipinski definition) is 4. The molecule has 0 saturated heterocycles. The lowest BCUT2D eigenvalue weighted by Gasteiger charge is -2.08. The highest BCUT2D eigenvalue weighted by Gasteiger charge is 2.14. The summed E-state index contributed by atoms with van der Waals surface area (Å²) in [6, 6.07) is 4.65. The molecule has 88 valence electrons. The molecule has 1 N–H and O–H groups in total. The first-order valence-electron chi connectivity index (χ1n) is 5.31. The molecule has 0 spiro atoms. The van der Waals surface area contributed by atoms with Crippen LogP contribution in [-0.2, 0) is 0 Å². The fraction of sp³-hybridized carbons (Fsp3) is 0.273. The molecule has 0 unspecified atom stereocenters. The van der Waals surface area contributed by atoms with E-state index in [4.69, 9.17) is 12.2 Å². The van der Waals surface area contributed by atoms with Crippen LogP contribution in [0.5, 0.6) is 0 Å². The number of nitrogens with one attached hydrogen (secondary N) is 1. The van der Waals surface area contributed by atoms with Gasteiger partial charge in [-0.05, 0) is 43.6 Å². The smallest absolute Gasteiger partial charge is 0.195 e. The quantitative estimate of drug-likeness (QED) is 0.703. The van der Waals surface area contributed by atoms with Crippen LogP contribution in [-0.4, -0.2) is 14.8 Å². The minimum absolute atomic E-state index is 0.316. The van der Waals surface area contributed by atoms with Crippen LogP contribution in [0.1, 0.15) is 19.9 Å². The van der Waals surface area contributed by atoms with Crippen molar-refractivity contribution in [2.75, 3.05) is 0 Å². The average Bonchev–Trinajstić information content (AvgIpc) is 2.88. The number of fused-ring (bicyclic) bond motifs is 1. The summed E-state index contributed by atoms with van der Waals surface area (Å²) in [5, 5.41) is 9.34. The Balaban J connectivity index is 2.22. The highest BCUT2D eigenvalue weighted by atomic mass is 32.1. The van der Waals surface area contributed by atoms with Gasteiger partial charge in [-0.2, -0.15) is 5.10 Å². The molecular weight excluding hydrogens is 270 g/mol.